The summed E-state index contributed by atoms with van der Waals surface area (Å²) < 4.78 is 11.1. The summed E-state index contributed by atoms with van der Waals surface area (Å²) in [5.41, 5.74) is 0. The molecule has 0 aliphatic heterocycles. The van der Waals surface area contributed by atoms with Crippen molar-refractivity contribution in [3.63, 3.8) is 0 Å². The Hall–Kier alpha value is 0.280. The summed E-state index contributed by atoms with van der Waals surface area (Å²) in [5.74, 6) is 0. The van der Waals surface area contributed by atoms with Crippen LogP contribution in [0.25, 0.3) is 0 Å². The zero-order valence-corrected chi connectivity index (χ0v) is 4.74. The van der Waals surface area contributed by atoms with Crippen molar-refractivity contribution in [3.05, 3.63) is 0 Å². The van der Waals surface area contributed by atoms with Gasteiger partial charge >= 0.3 is 0 Å². The monoisotopic (exact) mass is 126 g/mol. The van der Waals surface area contributed by atoms with Gasteiger partial charge in [-0.3, -0.25) is 4.39 Å². The molecule has 0 atom stereocenters. The molecule has 0 aromatic heterocycles. The maximum Gasteiger partial charge on any atom is 0.165 e. The maximum absolute atomic E-state index is 11.1. The third kappa shape index (κ3) is 6.28. The van der Waals surface area contributed by atoms with Crippen LogP contribution in [0.1, 0.15) is 6.42 Å². The molecule has 0 bridgehead atoms. The lowest BCUT2D eigenvalue weighted by Gasteiger charge is -1.95. The molecule has 0 amide bonds. The number of rotatable bonds is 3. The van der Waals surface area contributed by atoms with Gasteiger partial charge in [0.05, 0.1) is 6.67 Å². The molecule has 44 valence electrons. The van der Waals surface area contributed by atoms with Crippen molar-refractivity contribution in [1.29, 1.82) is 0 Å². The second kappa shape index (κ2) is 4.44. The fraction of sp³-hybridized carbons (Fsp3) is 1.00. The van der Waals surface area contributed by atoms with Gasteiger partial charge in [0.15, 0.2) is 8.38 Å². The molecule has 4 heteroatoms. The quantitative estimate of drug-likeness (QED) is 0.545. The Labute approximate surface area is 42.9 Å². The second-order valence-electron chi connectivity index (χ2n) is 1.14. The molecule has 0 aromatic carbocycles. The van der Waals surface area contributed by atoms with E-state index in [-0.39, 0.29) is 12.6 Å². The van der Waals surface area contributed by atoms with Crippen LogP contribution in [-0.2, 0) is 0 Å². The zero-order chi connectivity index (χ0) is 5.70. The Balaban J connectivity index is 2.68. The summed E-state index contributed by atoms with van der Waals surface area (Å²) in [7, 11) is -1.85. The second-order valence-corrected chi connectivity index (χ2v) is 2.33. The third-order valence-corrected chi connectivity index (χ3v) is 1.21. The van der Waals surface area contributed by atoms with Crippen LogP contribution in [0.2, 0.25) is 0 Å². The van der Waals surface area contributed by atoms with Crippen LogP contribution in [0.5, 0.6) is 0 Å². The van der Waals surface area contributed by atoms with Gasteiger partial charge < -0.3 is 9.79 Å². The van der Waals surface area contributed by atoms with Gasteiger partial charge in [0.25, 0.3) is 0 Å². The van der Waals surface area contributed by atoms with Gasteiger partial charge in [0.2, 0.25) is 0 Å². The molecule has 0 unspecified atom stereocenters. The van der Waals surface area contributed by atoms with Gasteiger partial charge in [0.1, 0.15) is 0 Å². The lowest BCUT2D eigenvalue weighted by Crippen LogP contribution is -1.82. The van der Waals surface area contributed by atoms with Crippen LogP contribution < -0.4 is 0 Å². The zero-order valence-electron chi connectivity index (χ0n) is 3.84. The van der Waals surface area contributed by atoms with Crippen molar-refractivity contribution in [3.8, 4) is 0 Å². The summed E-state index contributed by atoms with van der Waals surface area (Å²) in [6.45, 7) is -0.458. The van der Waals surface area contributed by atoms with Crippen LogP contribution in [0.3, 0.4) is 0 Å². The minimum atomic E-state index is -1.85. The highest BCUT2D eigenvalue weighted by molar-refractivity contribution is 7.45. The van der Waals surface area contributed by atoms with Gasteiger partial charge in [-0.15, -0.1) is 0 Å². The number of halogens is 1. The lowest BCUT2D eigenvalue weighted by molar-refractivity contribution is 0.455. The van der Waals surface area contributed by atoms with E-state index in [2.05, 4.69) is 0 Å². The standard InChI is InChI=1S/C3H8FO2P/c4-2-1-3-7(5)6/h5-6H,1-3H2. The van der Waals surface area contributed by atoms with E-state index in [0.717, 1.165) is 0 Å². The lowest BCUT2D eigenvalue weighted by atomic mass is 10.6. The molecular formula is C3H8FO2P. The SMILES string of the molecule is OP(O)CCCF. The predicted molar refractivity (Wildman–Crippen MR) is 26.8 cm³/mol. The molecular weight excluding hydrogens is 118 g/mol. The summed E-state index contributed by atoms with van der Waals surface area (Å²) in [4.78, 5) is 16.3. The molecule has 0 heterocycles. The summed E-state index contributed by atoms with van der Waals surface area (Å²) in [6, 6.07) is 0. The molecule has 2 N–H and O–H groups in total. The highest BCUT2D eigenvalue weighted by atomic mass is 31.2. The topological polar surface area (TPSA) is 40.5 Å². The van der Waals surface area contributed by atoms with Crippen LogP contribution >= 0.6 is 8.38 Å². The van der Waals surface area contributed by atoms with E-state index in [1.807, 2.05) is 0 Å². The summed E-state index contributed by atoms with van der Waals surface area (Å²) in [5, 5.41) is 0. The van der Waals surface area contributed by atoms with Crippen molar-refractivity contribution in [1.82, 2.24) is 0 Å². The van der Waals surface area contributed by atoms with Crippen molar-refractivity contribution in [2.45, 2.75) is 6.42 Å². The summed E-state index contributed by atoms with van der Waals surface area (Å²) in [6.07, 6.45) is 0.463. The van der Waals surface area contributed by atoms with E-state index in [0.29, 0.717) is 0 Å². The molecule has 0 aromatic rings. The molecule has 2 nitrogen and oxygen atoms in total. The van der Waals surface area contributed by atoms with Gasteiger partial charge in [-0.2, -0.15) is 0 Å². The van der Waals surface area contributed by atoms with Crippen molar-refractivity contribution >= 4 is 8.38 Å². The van der Waals surface area contributed by atoms with Crippen LogP contribution in [-0.4, -0.2) is 22.6 Å². The first-order valence-electron chi connectivity index (χ1n) is 1.98. The highest BCUT2D eigenvalue weighted by Crippen LogP contribution is 2.22. The van der Waals surface area contributed by atoms with Crippen LogP contribution in [0.4, 0.5) is 4.39 Å². The minimum Gasteiger partial charge on any atom is -0.350 e. The van der Waals surface area contributed by atoms with Gasteiger partial charge in [-0.1, -0.05) is 0 Å². The largest absolute Gasteiger partial charge is 0.350 e. The van der Waals surface area contributed by atoms with E-state index >= 15 is 0 Å². The molecule has 0 rings (SSSR count). The molecule has 0 aliphatic carbocycles. The molecule has 0 saturated carbocycles. The van der Waals surface area contributed by atoms with E-state index in [9.17, 15) is 4.39 Å². The first-order chi connectivity index (χ1) is 3.27. The van der Waals surface area contributed by atoms with E-state index in [1.54, 1.807) is 0 Å². The molecule has 0 aliphatic rings. The van der Waals surface area contributed by atoms with E-state index in [1.165, 1.54) is 0 Å². The maximum atomic E-state index is 11.1. The van der Waals surface area contributed by atoms with Gasteiger partial charge in [-0.25, -0.2) is 0 Å². The predicted octanol–water partition coefficient (Wildman–Crippen LogP) is 0.643. The Morgan fingerprint density at radius 2 is 2.00 bits per heavy atom. The van der Waals surface area contributed by atoms with Crippen molar-refractivity contribution < 1.29 is 14.2 Å². The summed E-state index contributed by atoms with van der Waals surface area (Å²) >= 11 is 0. The average Bonchev–Trinajstić information content (AvgIpc) is 1.61. The van der Waals surface area contributed by atoms with Crippen LogP contribution in [0, 0.1) is 0 Å². The molecule has 0 fully saturated rings. The van der Waals surface area contributed by atoms with Gasteiger partial charge in [-0.05, 0) is 6.42 Å². The number of hydrogen-bond donors (Lipinski definition) is 2. The Morgan fingerprint density at radius 3 is 2.14 bits per heavy atom. The third-order valence-electron chi connectivity index (χ3n) is 0.492. The van der Waals surface area contributed by atoms with E-state index in [4.69, 9.17) is 9.79 Å². The fourth-order valence-electron chi connectivity index (χ4n) is 0.201. The Bertz CT molecular complexity index is 41.9. The van der Waals surface area contributed by atoms with Crippen molar-refractivity contribution in [2.24, 2.45) is 0 Å². The number of alkyl halides is 1. The molecule has 0 radical (unpaired) electrons. The molecule has 7 heavy (non-hydrogen) atoms. The van der Waals surface area contributed by atoms with Crippen LogP contribution in [0.15, 0.2) is 0 Å². The number of hydrogen-bond acceptors (Lipinski definition) is 2. The highest BCUT2D eigenvalue weighted by Gasteiger charge is 1.94. The average molecular weight is 126 g/mol. The normalized spacial score (nSPS) is 10.3. The van der Waals surface area contributed by atoms with Crippen molar-refractivity contribution in [2.75, 3.05) is 12.8 Å². The Kier molecular flexibility index (Phi) is 4.62. The molecule has 0 saturated heterocycles. The molecule has 0 spiro atoms. The van der Waals surface area contributed by atoms with Gasteiger partial charge in [0, 0.05) is 6.16 Å². The minimum absolute atomic E-state index is 0.200. The first kappa shape index (κ1) is 7.28. The first-order valence-corrected chi connectivity index (χ1v) is 3.42. The fourth-order valence-corrected chi connectivity index (χ4v) is 0.604. The smallest absolute Gasteiger partial charge is 0.165 e. The van der Waals surface area contributed by atoms with E-state index < -0.39 is 15.1 Å². The Morgan fingerprint density at radius 1 is 1.43 bits per heavy atom.